The maximum Gasteiger partial charge on any atom is 0.389 e. The maximum atomic E-state index is 14.1. The van der Waals surface area contributed by atoms with Crippen LogP contribution in [0.25, 0.3) is 11.0 Å². The van der Waals surface area contributed by atoms with Crippen LogP contribution >= 0.6 is 0 Å². The molecular weight excluding hydrogens is 591 g/mol. The Morgan fingerprint density at radius 1 is 1.21 bits per heavy atom. The lowest BCUT2D eigenvalue weighted by Crippen LogP contribution is -2.30. The Balaban J connectivity index is 1.65. The highest BCUT2D eigenvalue weighted by Gasteiger charge is 2.42. The number of nitrogens with zero attached hydrogens (tertiary/aromatic N) is 4. The number of hydrogen-bond donors (Lipinski definition) is 3. The molecule has 1 fully saturated rings. The van der Waals surface area contributed by atoms with Crippen molar-refractivity contribution in [1.29, 1.82) is 0 Å². The standard InChI is InChI=1S/C26H30F7N7O3/c1-13(35-18(41)6-9-26(31,32)33)15-2-3-16-17(12-15)37-23(36-16)19(14-4-7-25(29,30)8-5-14)20-21(22(34)42)39-40(38-20)10-11-43-24(27)28/h2-3,12-14,19,24H,4-11H2,1H3,(H2,34,42)(H,35,41)(H,36,37)/t13-,19+/m1/s1. The van der Waals surface area contributed by atoms with Crippen LogP contribution in [0.4, 0.5) is 30.7 Å². The van der Waals surface area contributed by atoms with Gasteiger partial charge in [0, 0.05) is 19.3 Å². The number of carbonyl (C=O) groups is 2. The number of nitrogens with one attached hydrogen (secondary N) is 2. The number of primary amides is 1. The van der Waals surface area contributed by atoms with Crippen molar-refractivity contribution in [3.8, 4) is 0 Å². The normalized spacial score (nSPS) is 17.3. The molecule has 0 spiro atoms. The first-order chi connectivity index (χ1) is 20.1. The lowest BCUT2D eigenvalue weighted by molar-refractivity contribution is -0.144. The quantitative estimate of drug-likeness (QED) is 0.244. The fourth-order valence-electron chi connectivity index (χ4n) is 5.16. The van der Waals surface area contributed by atoms with E-state index in [4.69, 9.17) is 5.73 Å². The van der Waals surface area contributed by atoms with Crippen LogP contribution in [0.2, 0.25) is 0 Å². The molecule has 4 N–H and O–H groups in total. The first-order valence-corrected chi connectivity index (χ1v) is 13.5. The number of rotatable bonds is 12. The number of aromatic amines is 1. The molecule has 1 aromatic carbocycles. The third kappa shape index (κ3) is 8.42. The number of hydrogen-bond acceptors (Lipinski definition) is 6. The van der Waals surface area contributed by atoms with Gasteiger partial charge in [0.2, 0.25) is 11.8 Å². The van der Waals surface area contributed by atoms with Crippen molar-refractivity contribution in [3.05, 3.63) is 41.0 Å². The molecule has 10 nitrogen and oxygen atoms in total. The van der Waals surface area contributed by atoms with E-state index >= 15 is 0 Å². The predicted molar refractivity (Wildman–Crippen MR) is 137 cm³/mol. The highest BCUT2D eigenvalue weighted by atomic mass is 19.4. The number of H-pyrrole nitrogens is 1. The Bertz CT molecular complexity index is 1430. The van der Waals surface area contributed by atoms with Gasteiger partial charge >= 0.3 is 12.8 Å². The average Bonchev–Trinajstić information content (AvgIpc) is 3.52. The van der Waals surface area contributed by atoms with Gasteiger partial charge in [-0.3, -0.25) is 9.59 Å². The summed E-state index contributed by atoms with van der Waals surface area (Å²) in [4.78, 5) is 33.1. The molecule has 0 unspecified atom stereocenters. The molecule has 2 atom stereocenters. The molecule has 0 aliphatic heterocycles. The third-order valence-corrected chi connectivity index (χ3v) is 7.31. The number of nitrogens with two attached hydrogens (primary N) is 1. The van der Waals surface area contributed by atoms with E-state index in [-0.39, 0.29) is 36.6 Å². The summed E-state index contributed by atoms with van der Waals surface area (Å²) >= 11 is 0. The van der Waals surface area contributed by atoms with Crippen molar-refractivity contribution in [3.63, 3.8) is 0 Å². The number of aromatic nitrogens is 5. The van der Waals surface area contributed by atoms with Crippen LogP contribution in [-0.2, 0) is 16.1 Å². The van der Waals surface area contributed by atoms with E-state index in [1.165, 1.54) is 0 Å². The zero-order valence-electron chi connectivity index (χ0n) is 22.9. The van der Waals surface area contributed by atoms with E-state index in [1.807, 2.05) is 0 Å². The molecule has 17 heteroatoms. The summed E-state index contributed by atoms with van der Waals surface area (Å²) in [7, 11) is 0. The average molecular weight is 622 g/mol. The molecule has 1 aliphatic carbocycles. The summed E-state index contributed by atoms with van der Waals surface area (Å²) in [6.45, 7) is -2.14. The summed E-state index contributed by atoms with van der Waals surface area (Å²) in [5, 5.41) is 10.9. The molecule has 3 aromatic rings. The monoisotopic (exact) mass is 621 g/mol. The van der Waals surface area contributed by atoms with Crippen LogP contribution in [0.1, 0.15) is 85.0 Å². The first kappa shape index (κ1) is 32.2. The van der Waals surface area contributed by atoms with Crippen LogP contribution in [0.5, 0.6) is 0 Å². The number of carbonyl (C=O) groups excluding carboxylic acids is 2. The van der Waals surface area contributed by atoms with E-state index in [0.717, 1.165) is 4.80 Å². The van der Waals surface area contributed by atoms with Crippen LogP contribution < -0.4 is 11.1 Å². The summed E-state index contributed by atoms with van der Waals surface area (Å²) in [5.74, 6) is -5.64. The van der Waals surface area contributed by atoms with Gasteiger partial charge < -0.3 is 20.8 Å². The van der Waals surface area contributed by atoms with Gasteiger partial charge in [-0.15, -0.1) is 5.10 Å². The maximum absolute atomic E-state index is 14.1. The fraction of sp³-hybridized carbons (Fsp3) is 0.577. The molecule has 0 bridgehead atoms. The van der Waals surface area contributed by atoms with Gasteiger partial charge in [0.15, 0.2) is 5.69 Å². The van der Waals surface area contributed by atoms with Crippen LogP contribution in [0, 0.1) is 5.92 Å². The molecule has 0 radical (unpaired) electrons. The summed E-state index contributed by atoms with van der Waals surface area (Å²) in [6.07, 6.45) is -7.14. The summed E-state index contributed by atoms with van der Waals surface area (Å²) < 4.78 is 94.6. The minimum atomic E-state index is -4.46. The Kier molecular flexibility index (Phi) is 9.61. The smallest absolute Gasteiger partial charge is 0.364 e. The molecular formula is C26H30F7N7O3. The van der Waals surface area contributed by atoms with E-state index in [2.05, 4.69) is 30.2 Å². The van der Waals surface area contributed by atoms with Crippen LogP contribution in [0.3, 0.4) is 0 Å². The number of benzene rings is 1. The van der Waals surface area contributed by atoms with E-state index in [1.54, 1.807) is 25.1 Å². The molecule has 43 heavy (non-hydrogen) atoms. The number of halogens is 7. The number of alkyl halides is 7. The van der Waals surface area contributed by atoms with E-state index < -0.39 is 80.7 Å². The number of ether oxygens (including phenoxy) is 1. The van der Waals surface area contributed by atoms with Gasteiger partial charge in [-0.1, -0.05) is 6.07 Å². The topological polar surface area (TPSA) is 141 Å². The van der Waals surface area contributed by atoms with Crippen molar-refractivity contribution in [1.82, 2.24) is 30.3 Å². The molecule has 2 amide bonds. The molecule has 2 heterocycles. The third-order valence-electron chi connectivity index (χ3n) is 7.31. The minimum Gasteiger partial charge on any atom is -0.364 e. The van der Waals surface area contributed by atoms with E-state index in [9.17, 15) is 40.3 Å². The van der Waals surface area contributed by atoms with Crippen molar-refractivity contribution in [2.24, 2.45) is 11.7 Å². The van der Waals surface area contributed by atoms with Crippen LogP contribution in [-0.4, -0.2) is 62.1 Å². The Morgan fingerprint density at radius 3 is 2.53 bits per heavy atom. The Morgan fingerprint density at radius 2 is 1.91 bits per heavy atom. The Hall–Kier alpha value is -3.76. The number of imidazole rings is 1. The fourth-order valence-corrected chi connectivity index (χ4v) is 5.16. The van der Waals surface area contributed by atoms with Gasteiger partial charge in [-0.2, -0.15) is 31.8 Å². The lowest BCUT2D eigenvalue weighted by atomic mass is 9.76. The number of amides is 2. The molecule has 2 aromatic heterocycles. The van der Waals surface area contributed by atoms with Gasteiger partial charge in [0.1, 0.15) is 11.5 Å². The molecule has 1 saturated carbocycles. The zero-order valence-corrected chi connectivity index (χ0v) is 22.9. The molecule has 1 aliphatic rings. The van der Waals surface area contributed by atoms with Gasteiger partial charge in [0.25, 0.3) is 5.91 Å². The first-order valence-electron chi connectivity index (χ1n) is 13.5. The minimum absolute atomic E-state index is 0.0457. The van der Waals surface area contributed by atoms with Crippen molar-refractivity contribution in [2.45, 2.75) is 82.7 Å². The summed E-state index contributed by atoms with van der Waals surface area (Å²) in [5.41, 5.74) is 6.80. The number of fused-ring (bicyclic) bond motifs is 1. The lowest BCUT2D eigenvalue weighted by Gasteiger charge is -2.32. The van der Waals surface area contributed by atoms with Crippen molar-refractivity contribution in [2.75, 3.05) is 6.61 Å². The molecule has 0 saturated heterocycles. The second-order valence-electron chi connectivity index (χ2n) is 10.5. The zero-order chi connectivity index (χ0) is 31.5. The van der Waals surface area contributed by atoms with Crippen LogP contribution in [0.15, 0.2) is 18.2 Å². The van der Waals surface area contributed by atoms with Gasteiger partial charge in [-0.05, 0) is 43.4 Å². The summed E-state index contributed by atoms with van der Waals surface area (Å²) in [6, 6.07) is 4.24. The van der Waals surface area contributed by atoms with Crippen molar-refractivity contribution >= 4 is 22.8 Å². The van der Waals surface area contributed by atoms with Gasteiger partial charge in [-0.25, -0.2) is 13.8 Å². The second-order valence-corrected chi connectivity index (χ2v) is 10.5. The highest BCUT2D eigenvalue weighted by Crippen LogP contribution is 2.44. The highest BCUT2D eigenvalue weighted by molar-refractivity contribution is 5.92. The SMILES string of the molecule is C[C@@H](NC(=O)CCC(F)(F)F)c1ccc2nc([C@H](c3nn(CCOC(F)F)nc3C(N)=O)C3CCC(F)(F)CC3)[nH]c2c1. The largest absolute Gasteiger partial charge is 0.389 e. The Labute approximate surface area is 240 Å². The van der Waals surface area contributed by atoms with Gasteiger partial charge in [0.05, 0.1) is 42.6 Å². The predicted octanol–water partition coefficient (Wildman–Crippen LogP) is 4.97. The van der Waals surface area contributed by atoms with Crippen molar-refractivity contribution < 1.29 is 45.1 Å². The molecule has 236 valence electrons. The molecule has 4 rings (SSSR count). The second kappa shape index (κ2) is 12.9. The van der Waals surface area contributed by atoms with E-state index in [0.29, 0.717) is 16.6 Å².